The van der Waals surface area contributed by atoms with Gasteiger partial charge >= 0.3 is 0 Å². The maximum Gasteiger partial charge on any atom is 0.222 e. The van der Waals surface area contributed by atoms with Gasteiger partial charge in [-0.1, -0.05) is 0 Å². The van der Waals surface area contributed by atoms with E-state index in [2.05, 4.69) is 31.5 Å². The van der Waals surface area contributed by atoms with Gasteiger partial charge in [0.25, 0.3) is 0 Å². The number of benzene rings is 1. The first kappa shape index (κ1) is 12.6. The summed E-state index contributed by atoms with van der Waals surface area (Å²) < 4.78 is 17.7. The molecule has 0 saturated carbocycles. The third kappa shape index (κ3) is 2.10. The molecule has 0 radical (unpaired) electrons. The first-order valence-electron chi connectivity index (χ1n) is 4.95. The summed E-state index contributed by atoms with van der Waals surface area (Å²) in [5.41, 5.74) is 0.696. The maximum absolute atomic E-state index is 5.26. The number of rotatable bonds is 4. The van der Waals surface area contributed by atoms with Gasteiger partial charge in [0.2, 0.25) is 10.5 Å². The lowest BCUT2D eigenvalue weighted by molar-refractivity contribution is 0.324. The lowest BCUT2D eigenvalue weighted by Crippen LogP contribution is -2.01. The third-order valence-corrected chi connectivity index (χ3v) is 2.82. The second-order valence-corrected chi connectivity index (χ2v) is 3.95. The van der Waals surface area contributed by atoms with E-state index in [4.69, 9.17) is 14.2 Å². The van der Waals surface area contributed by atoms with Crippen molar-refractivity contribution in [2.45, 2.75) is 0 Å². The van der Waals surface area contributed by atoms with E-state index < -0.39 is 0 Å². The van der Waals surface area contributed by atoms with Crippen LogP contribution in [0.3, 0.4) is 0 Å². The minimum Gasteiger partial charge on any atom is -0.493 e. The summed E-state index contributed by atoms with van der Waals surface area (Å²) in [6.07, 6.45) is 0. The number of hydrogen-bond donors (Lipinski definition) is 0. The normalized spacial score (nSPS) is 10.2. The van der Waals surface area contributed by atoms with E-state index in [0.29, 0.717) is 27.7 Å². The van der Waals surface area contributed by atoms with Gasteiger partial charge in [-0.25, -0.2) is 0 Å². The van der Waals surface area contributed by atoms with Gasteiger partial charge in [-0.3, -0.25) is 0 Å². The summed E-state index contributed by atoms with van der Waals surface area (Å²) in [4.78, 5) is 0. The topological polar surface area (TPSA) is 71.3 Å². The molecule has 0 aliphatic rings. The summed E-state index contributed by atoms with van der Waals surface area (Å²) in [6.45, 7) is 0. The van der Waals surface area contributed by atoms with Crippen molar-refractivity contribution in [2.75, 3.05) is 21.3 Å². The van der Waals surface area contributed by atoms with Crippen LogP contribution in [0.1, 0.15) is 0 Å². The Morgan fingerprint density at radius 1 is 1.06 bits per heavy atom. The fourth-order valence-corrected chi connectivity index (χ4v) is 1.87. The summed E-state index contributed by atoms with van der Waals surface area (Å²) in [5.74, 6) is 1.59. The van der Waals surface area contributed by atoms with Crippen LogP contribution in [-0.4, -0.2) is 41.5 Å². The van der Waals surface area contributed by atoms with Crippen LogP contribution < -0.4 is 14.2 Å². The van der Waals surface area contributed by atoms with Crippen molar-refractivity contribution in [3.63, 3.8) is 0 Å². The van der Waals surface area contributed by atoms with E-state index in [1.807, 2.05) is 0 Å². The van der Waals surface area contributed by atoms with Gasteiger partial charge in [0.05, 0.1) is 27.0 Å². The zero-order valence-electron chi connectivity index (χ0n) is 10.0. The minimum absolute atomic E-state index is 0.483. The van der Waals surface area contributed by atoms with Crippen molar-refractivity contribution >= 4 is 15.9 Å². The lowest BCUT2D eigenvalue weighted by atomic mass is 10.2. The Kier molecular flexibility index (Phi) is 3.66. The zero-order valence-corrected chi connectivity index (χ0v) is 11.6. The molecule has 2 rings (SSSR count). The van der Waals surface area contributed by atoms with Crippen molar-refractivity contribution in [3.8, 4) is 22.9 Å². The van der Waals surface area contributed by atoms with Crippen molar-refractivity contribution in [2.24, 2.45) is 0 Å². The van der Waals surface area contributed by atoms with Crippen LogP contribution in [0, 0.1) is 0 Å². The molecule has 0 fully saturated rings. The maximum atomic E-state index is 5.26. The second kappa shape index (κ2) is 5.21. The molecule has 2 aromatic rings. The van der Waals surface area contributed by atoms with Gasteiger partial charge in [0.1, 0.15) is 0 Å². The molecule has 0 saturated heterocycles. The highest BCUT2D eigenvalue weighted by atomic mass is 79.9. The molecular formula is C10H11BrN4O3. The van der Waals surface area contributed by atoms with E-state index in [0.717, 1.165) is 0 Å². The van der Waals surface area contributed by atoms with E-state index in [1.54, 1.807) is 33.5 Å². The summed E-state index contributed by atoms with van der Waals surface area (Å²) >= 11 is 3.25. The average Bonchev–Trinajstić information content (AvgIpc) is 2.83. The number of hydrogen-bond acceptors (Lipinski definition) is 6. The average molecular weight is 315 g/mol. The molecular weight excluding hydrogens is 304 g/mol. The van der Waals surface area contributed by atoms with Crippen LogP contribution in [0.5, 0.6) is 17.2 Å². The predicted molar refractivity (Wildman–Crippen MR) is 66.5 cm³/mol. The Balaban J connectivity index is 2.60. The molecule has 0 spiro atoms. The number of methoxy groups -OCH3 is 3. The molecule has 0 N–H and O–H groups in total. The van der Waals surface area contributed by atoms with Gasteiger partial charge in [-0.15, -0.1) is 5.10 Å². The van der Waals surface area contributed by atoms with Crippen molar-refractivity contribution in [3.05, 3.63) is 16.9 Å². The Morgan fingerprint density at radius 2 is 1.67 bits per heavy atom. The van der Waals surface area contributed by atoms with Crippen LogP contribution in [0.15, 0.2) is 16.9 Å². The molecule has 0 atom stereocenters. The van der Waals surface area contributed by atoms with Crippen LogP contribution in [-0.2, 0) is 0 Å². The van der Waals surface area contributed by atoms with E-state index in [1.165, 1.54) is 4.68 Å². The fraction of sp³-hybridized carbons (Fsp3) is 0.300. The molecule has 0 aliphatic carbocycles. The van der Waals surface area contributed by atoms with Crippen molar-refractivity contribution in [1.29, 1.82) is 0 Å². The molecule has 7 nitrogen and oxygen atoms in total. The number of tetrazole rings is 1. The number of halogens is 1. The predicted octanol–water partition coefficient (Wildman–Crippen LogP) is 1.45. The number of aromatic nitrogens is 4. The molecule has 0 amide bonds. The van der Waals surface area contributed by atoms with Crippen LogP contribution in [0.4, 0.5) is 0 Å². The quantitative estimate of drug-likeness (QED) is 0.850. The standard InChI is InChI=1S/C10H11BrN4O3/c1-16-7-4-6(15-10(11)12-13-14-15)5-8(17-2)9(7)18-3/h4-5H,1-3H3. The first-order chi connectivity index (χ1) is 8.71. The fourth-order valence-electron chi connectivity index (χ4n) is 1.52. The second-order valence-electron chi connectivity index (χ2n) is 3.24. The third-order valence-electron chi connectivity index (χ3n) is 2.33. The monoisotopic (exact) mass is 314 g/mol. The molecule has 8 heteroatoms. The molecule has 1 aromatic heterocycles. The molecule has 1 heterocycles. The lowest BCUT2D eigenvalue weighted by Gasteiger charge is -2.13. The zero-order chi connectivity index (χ0) is 13.1. The van der Waals surface area contributed by atoms with Gasteiger partial charge in [-0.2, -0.15) is 4.68 Å². The molecule has 0 unspecified atom stereocenters. The Bertz CT molecular complexity index is 533. The SMILES string of the molecule is COc1cc(-n2nnnc2Br)cc(OC)c1OC. The first-order valence-corrected chi connectivity index (χ1v) is 5.74. The molecule has 0 bridgehead atoms. The van der Waals surface area contributed by atoms with Crippen molar-refractivity contribution < 1.29 is 14.2 Å². The highest BCUT2D eigenvalue weighted by molar-refractivity contribution is 9.10. The molecule has 18 heavy (non-hydrogen) atoms. The van der Waals surface area contributed by atoms with E-state index >= 15 is 0 Å². The van der Waals surface area contributed by atoms with Gasteiger partial charge < -0.3 is 14.2 Å². The molecule has 1 aromatic carbocycles. The smallest absolute Gasteiger partial charge is 0.222 e. The largest absolute Gasteiger partial charge is 0.493 e. The Labute approximate surface area is 112 Å². The molecule has 96 valence electrons. The van der Waals surface area contributed by atoms with Gasteiger partial charge in [0.15, 0.2) is 11.5 Å². The van der Waals surface area contributed by atoms with Crippen LogP contribution in [0.25, 0.3) is 5.69 Å². The van der Waals surface area contributed by atoms with Crippen LogP contribution in [0.2, 0.25) is 0 Å². The number of nitrogens with zero attached hydrogens (tertiary/aromatic N) is 4. The van der Waals surface area contributed by atoms with E-state index in [9.17, 15) is 0 Å². The van der Waals surface area contributed by atoms with Gasteiger partial charge in [0, 0.05) is 12.1 Å². The van der Waals surface area contributed by atoms with E-state index in [-0.39, 0.29) is 0 Å². The summed E-state index contributed by atoms with van der Waals surface area (Å²) in [6, 6.07) is 3.50. The Hall–Kier alpha value is -1.83. The summed E-state index contributed by atoms with van der Waals surface area (Å²) in [5, 5.41) is 11.2. The highest BCUT2D eigenvalue weighted by Crippen LogP contribution is 2.39. The summed E-state index contributed by atoms with van der Waals surface area (Å²) in [7, 11) is 4.65. The van der Waals surface area contributed by atoms with Crippen LogP contribution >= 0.6 is 15.9 Å². The highest BCUT2D eigenvalue weighted by Gasteiger charge is 2.15. The van der Waals surface area contributed by atoms with Gasteiger partial charge in [-0.05, 0) is 26.4 Å². The minimum atomic E-state index is 0.483. The molecule has 0 aliphatic heterocycles. The van der Waals surface area contributed by atoms with Crippen molar-refractivity contribution in [1.82, 2.24) is 20.2 Å². The Morgan fingerprint density at radius 3 is 2.06 bits per heavy atom. The number of ether oxygens (including phenoxy) is 3.